The standard InChI is InChI=1S/C7H7NO5/c9-4-2-1-3(6(10)11)5(8-4)7(12)13/h1-2H2,(H,8,9)(H,10,11)(H,12,13)/p-2. The number of hydrogen-bond acceptors (Lipinski definition) is 5. The molecule has 70 valence electrons. The van der Waals surface area contributed by atoms with Gasteiger partial charge in [-0.05, 0) is 6.42 Å². The van der Waals surface area contributed by atoms with Crippen molar-refractivity contribution in [2.75, 3.05) is 0 Å². The third kappa shape index (κ3) is 1.84. The van der Waals surface area contributed by atoms with Crippen LogP contribution in [-0.2, 0) is 14.4 Å². The van der Waals surface area contributed by atoms with Crippen molar-refractivity contribution in [2.24, 2.45) is 0 Å². The zero-order valence-electron chi connectivity index (χ0n) is 6.46. The lowest BCUT2D eigenvalue weighted by Gasteiger charge is -2.21. The number of hydrogen-bond donors (Lipinski definition) is 1. The van der Waals surface area contributed by atoms with Gasteiger partial charge in [0, 0.05) is 12.0 Å². The lowest BCUT2D eigenvalue weighted by atomic mass is 10.0. The summed E-state index contributed by atoms with van der Waals surface area (Å²) in [6.07, 6.45) is -0.197. The number of rotatable bonds is 2. The molecule has 1 amide bonds. The van der Waals surface area contributed by atoms with Crippen LogP contribution in [-0.4, -0.2) is 17.8 Å². The van der Waals surface area contributed by atoms with Crippen molar-refractivity contribution in [3.05, 3.63) is 11.3 Å². The first kappa shape index (κ1) is 9.24. The Morgan fingerprint density at radius 2 is 1.77 bits per heavy atom. The molecule has 6 nitrogen and oxygen atoms in total. The van der Waals surface area contributed by atoms with E-state index in [1.807, 2.05) is 5.32 Å². The van der Waals surface area contributed by atoms with Gasteiger partial charge in [0.15, 0.2) is 0 Å². The Kier molecular flexibility index (Phi) is 2.32. The molecule has 0 aromatic rings. The highest BCUT2D eigenvalue weighted by Gasteiger charge is 2.18. The molecule has 1 heterocycles. The van der Waals surface area contributed by atoms with Gasteiger partial charge < -0.3 is 25.1 Å². The summed E-state index contributed by atoms with van der Waals surface area (Å²) in [6.45, 7) is 0. The second-order valence-electron chi connectivity index (χ2n) is 2.48. The van der Waals surface area contributed by atoms with E-state index < -0.39 is 29.1 Å². The number of amides is 1. The Hall–Kier alpha value is -1.85. The van der Waals surface area contributed by atoms with Gasteiger partial charge in [-0.25, -0.2) is 0 Å². The van der Waals surface area contributed by atoms with Crippen molar-refractivity contribution in [1.29, 1.82) is 0 Å². The molecule has 0 atom stereocenters. The molecule has 1 N–H and O–H groups in total. The highest BCUT2D eigenvalue weighted by Crippen LogP contribution is 2.13. The molecular weight excluding hydrogens is 178 g/mol. The van der Waals surface area contributed by atoms with Crippen molar-refractivity contribution in [3.63, 3.8) is 0 Å². The second kappa shape index (κ2) is 3.26. The van der Waals surface area contributed by atoms with E-state index in [1.165, 1.54) is 0 Å². The molecule has 0 unspecified atom stereocenters. The van der Waals surface area contributed by atoms with Gasteiger partial charge in [0.1, 0.15) is 0 Å². The third-order valence-electron chi connectivity index (χ3n) is 1.62. The van der Waals surface area contributed by atoms with Crippen molar-refractivity contribution in [3.8, 4) is 0 Å². The Bertz CT molecular complexity index is 317. The number of nitrogens with one attached hydrogen (secondary N) is 1. The zero-order chi connectivity index (χ0) is 10.0. The maximum Gasteiger partial charge on any atom is 0.224 e. The van der Waals surface area contributed by atoms with Crippen molar-refractivity contribution in [1.82, 2.24) is 5.32 Å². The fourth-order valence-electron chi connectivity index (χ4n) is 1.02. The maximum atomic E-state index is 10.7. The van der Waals surface area contributed by atoms with Gasteiger partial charge in [0.05, 0.1) is 17.6 Å². The molecule has 0 radical (unpaired) electrons. The van der Waals surface area contributed by atoms with Crippen LogP contribution >= 0.6 is 0 Å². The number of carboxylic acid groups (broad SMARTS) is 2. The first-order valence-corrected chi connectivity index (χ1v) is 3.48. The Balaban J connectivity index is 3.07. The normalized spacial score (nSPS) is 16.8. The largest absolute Gasteiger partial charge is 0.545 e. The highest BCUT2D eigenvalue weighted by atomic mass is 16.4. The van der Waals surface area contributed by atoms with E-state index >= 15 is 0 Å². The molecular formula is C7H5NO5-2. The van der Waals surface area contributed by atoms with Crippen LogP contribution in [0.3, 0.4) is 0 Å². The molecule has 13 heavy (non-hydrogen) atoms. The Labute approximate surface area is 72.9 Å². The van der Waals surface area contributed by atoms with E-state index in [0.29, 0.717) is 0 Å². The molecule has 6 heteroatoms. The number of carboxylic acids is 2. The highest BCUT2D eigenvalue weighted by molar-refractivity contribution is 6.02. The smallest absolute Gasteiger partial charge is 0.224 e. The van der Waals surface area contributed by atoms with E-state index in [0.717, 1.165) is 0 Å². The lowest BCUT2D eigenvalue weighted by Crippen LogP contribution is -2.42. The summed E-state index contributed by atoms with van der Waals surface area (Å²) < 4.78 is 0. The van der Waals surface area contributed by atoms with Crippen LogP contribution in [0.2, 0.25) is 0 Å². The minimum Gasteiger partial charge on any atom is -0.545 e. The summed E-state index contributed by atoms with van der Waals surface area (Å²) in [5, 5.41) is 22.6. The second-order valence-corrected chi connectivity index (χ2v) is 2.48. The minimum absolute atomic E-state index is 0.0555. The summed E-state index contributed by atoms with van der Waals surface area (Å²) >= 11 is 0. The molecule has 1 rings (SSSR count). The molecule has 0 aromatic heterocycles. The average molecular weight is 183 g/mol. The van der Waals surface area contributed by atoms with Gasteiger partial charge in [-0.1, -0.05) is 0 Å². The maximum absolute atomic E-state index is 10.7. The summed E-state index contributed by atoms with van der Waals surface area (Å²) in [4.78, 5) is 31.4. The molecule has 0 aliphatic carbocycles. The zero-order valence-corrected chi connectivity index (χ0v) is 6.46. The van der Waals surface area contributed by atoms with Crippen LogP contribution < -0.4 is 15.5 Å². The SMILES string of the molecule is O=C1CCC(C(=O)[O-])=C(C(=O)[O-])N1. The first-order chi connectivity index (χ1) is 6.02. The third-order valence-corrected chi connectivity index (χ3v) is 1.62. The van der Waals surface area contributed by atoms with E-state index in [4.69, 9.17) is 0 Å². The van der Waals surface area contributed by atoms with E-state index in [9.17, 15) is 24.6 Å². The van der Waals surface area contributed by atoms with Crippen molar-refractivity contribution in [2.45, 2.75) is 12.8 Å². The summed E-state index contributed by atoms with van der Waals surface area (Å²) in [7, 11) is 0. The van der Waals surface area contributed by atoms with E-state index in [2.05, 4.69) is 0 Å². The molecule has 1 aliphatic rings. The molecule has 0 saturated heterocycles. The monoisotopic (exact) mass is 183 g/mol. The number of carbonyl (C=O) groups excluding carboxylic acids is 3. The van der Waals surface area contributed by atoms with Gasteiger partial charge in [0.25, 0.3) is 0 Å². The van der Waals surface area contributed by atoms with Crippen LogP contribution in [0.5, 0.6) is 0 Å². The fraction of sp³-hybridized carbons (Fsp3) is 0.286. The van der Waals surface area contributed by atoms with Crippen molar-refractivity contribution >= 4 is 17.8 Å². The number of aliphatic carboxylic acids is 2. The molecule has 0 bridgehead atoms. The minimum atomic E-state index is -1.72. The molecule has 1 aliphatic heterocycles. The first-order valence-electron chi connectivity index (χ1n) is 3.48. The van der Waals surface area contributed by atoms with Crippen LogP contribution in [0.4, 0.5) is 0 Å². The van der Waals surface area contributed by atoms with Crippen molar-refractivity contribution < 1.29 is 24.6 Å². The fourth-order valence-corrected chi connectivity index (χ4v) is 1.02. The molecule has 0 spiro atoms. The Morgan fingerprint density at radius 1 is 1.15 bits per heavy atom. The predicted molar refractivity (Wildman–Crippen MR) is 34.4 cm³/mol. The molecule has 0 fully saturated rings. The van der Waals surface area contributed by atoms with Gasteiger partial charge in [-0.15, -0.1) is 0 Å². The lowest BCUT2D eigenvalue weighted by molar-refractivity contribution is -0.304. The van der Waals surface area contributed by atoms with Gasteiger partial charge in [-0.2, -0.15) is 0 Å². The van der Waals surface area contributed by atoms with Crippen LogP contribution in [0, 0.1) is 0 Å². The summed E-state index contributed by atoms with van der Waals surface area (Å²) in [5.41, 5.74) is -1.13. The molecule has 0 aromatic carbocycles. The van der Waals surface area contributed by atoms with E-state index in [1.54, 1.807) is 0 Å². The number of carbonyl (C=O) groups is 3. The average Bonchev–Trinajstić information content (AvgIpc) is 2.03. The molecule has 0 saturated carbocycles. The van der Waals surface area contributed by atoms with Crippen LogP contribution in [0.25, 0.3) is 0 Å². The Morgan fingerprint density at radius 3 is 2.23 bits per heavy atom. The van der Waals surface area contributed by atoms with Gasteiger partial charge in [0.2, 0.25) is 5.91 Å². The topological polar surface area (TPSA) is 109 Å². The summed E-state index contributed by atoms with van der Waals surface area (Å²) in [6, 6.07) is 0. The van der Waals surface area contributed by atoms with Crippen LogP contribution in [0.15, 0.2) is 11.3 Å². The quantitative estimate of drug-likeness (QED) is 0.481. The van der Waals surface area contributed by atoms with Gasteiger partial charge in [-0.3, -0.25) is 4.79 Å². The van der Waals surface area contributed by atoms with Crippen LogP contribution in [0.1, 0.15) is 12.8 Å². The predicted octanol–water partition coefficient (Wildman–Crippen LogP) is -3.35. The summed E-state index contributed by atoms with van der Waals surface area (Å²) in [5.74, 6) is -3.85. The van der Waals surface area contributed by atoms with Gasteiger partial charge >= 0.3 is 0 Å². The van der Waals surface area contributed by atoms with E-state index in [-0.39, 0.29) is 12.8 Å².